The number of aliphatic imine (C=N–C) groups is 1. The van der Waals surface area contributed by atoms with Crippen molar-refractivity contribution in [2.24, 2.45) is 4.99 Å². The Labute approximate surface area is 127 Å². The highest BCUT2D eigenvalue weighted by Crippen LogP contribution is 2.02. The molecule has 0 saturated carbocycles. The molecule has 0 radical (unpaired) electrons. The van der Waals surface area contributed by atoms with E-state index in [0.717, 1.165) is 0 Å². The second-order valence-electron chi connectivity index (χ2n) is 5.38. The number of rotatable bonds is 6. The number of sulfone groups is 1. The molecule has 0 bridgehead atoms. The van der Waals surface area contributed by atoms with Gasteiger partial charge in [0.05, 0.1) is 5.75 Å². The van der Waals surface area contributed by atoms with Crippen LogP contribution < -0.4 is 10.6 Å². The summed E-state index contributed by atoms with van der Waals surface area (Å²) in [5.74, 6) is 0.854. The maximum Gasteiger partial charge on any atom is 0.191 e. The minimum absolute atomic E-state index is 0.0453. The topological polar surface area (TPSA) is 70.6 Å². The second-order valence-corrected chi connectivity index (χ2v) is 7.64. The first kappa shape index (κ1) is 17.5. The molecule has 0 aromatic heterocycles. The maximum absolute atomic E-state index is 11.2. The first-order valence-electron chi connectivity index (χ1n) is 7.00. The van der Waals surface area contributed by atoms with Crippen LogP contribution in [0.4, 0.5) is 0 Å². The molecule has 1 atom stereocenters. The summed E-state index contributed by atoms with van der Waals surface area (Å²) in [7, 11) is -1.22. The zero-order valence-corrected chi connectivity index (χ0v) is 14.0. The molecule has 0 heterocycles. The van der Waals surface area contributed by atoms with Gasteiger partial charge in [0.2, 0.25) is 0 Å². The summed E-state index contributed by atoms with van der Waals surface area (Å²) in [6.07, 6.45) is 1.81. The Hall–Kier alpha value is -1.56. The molecule has 1 unspecified atom stereocenters. The molecule has 0 aliphatic carbocycles. The van der Waals surface area contributed by atoms with Crippen molar-refractivity contribution in [2.45, 2.75) is 32.9 Å². The number of hydrogen-bond acceptors (Lipinski definition) is 3. The summed E-state index contributed by atoms with van der Waals surface area (Å²) >= 11 is 0. The van der Waals surface area contributed by atoms with Gasteiger partial charge in [0.25, 0.3) is 0 Å². The van der Waals surface area contributed by atoms with Gasteiger partial charge in [-0.1, -0.05) is 29.8 Å². The van der Waals surface area contributed by atoms with Crippen LogP contribution in [0.5, 0.6) is 0 Å². The van der Waals surface area contributed by atoms with Crippen LogP contribution in [0.2, 0.25) is 0 Å². The molecule has 6 heteroatoms. The highest BCUT2D eigenvalue weighted by atomic mass is 32.2. The molecule has 1 rings (SSSR count). The van der Waals surface area contributed by atoms with Gasteiger partial charge >= 0.3 is 0 Å². The van der Waals surface area contributed by atoms with Crippen LogP contribution in [-0.2, 0) is 16.4 Å². The third-order valence-corrected chi connectivity index (χ3v) is 4.09. The Kier molecular flexibility index (Phi) is 6.68. The quantitative estimate of drug-likeness (QED) is 0.617. The predicted molar refractivity (Wildman–Crippen MR) is 88.3 cm³/mol. The van der Waals surface area contributed by atoms with Gasteiger partial charge in [0.1, 0.15) is 9.84 Å². The normalized spacial score (nSPS) is 13.8. The number of benzene rings is 1. The first-order chi connectivity index (χ1) is 9.80. The molecule has 0 spiro atoms. The highest BCUT2D eigenvalue weighted by molar-refractivity contribution is 7.90. The van der Waals surface area contributed by atoms with E-state index in [1.165, 1.54) is 17.4 Å². The van der Waals surface area contributed by atoms with Gasteiger partial charge in [-0.05, 0) is 25.8 Å². The van der Waals surface area contributed by atoms with Crippen LogP contribution in [0.3, 0.4) is 0 Å². The summed E-state index contributed by atoms with van der Waals surface area (Å²) in [5.41, 5.74) is 2.41. The van der Waals surface area contributed by atoms with Crippen molar-refractivity contribution >= 4 is 15.8 Å². The number of nitrogens with one attached hydrogen (secondary N) is 2. The van der Waals surface area contributed by atoms with E-state index in [-0.39, 0.29) is 11.8 Å². The predicted octanol–water partition coefficient (Wildman–Crippen LogP) is 1.48. The first-order valence-corrected chi connectivity index (χ1v) is 9.06. The van der Waals surface area contributed by atoms with Crippen LogP contribution in [-0.4, -0.2) is 39.5 Å². The van der Waals surface area contributed by atoms with E-state index in [0.29, 0.717) is 18.9 Å². The molecular weight excluding hydrogens is 286 g/mol. The van der Waals surface area contributed by atoms with Crippen molar-refractivity contribution in [3.63, 3.8) is 0 Å². The zero-order chi connectivity index (χ0) is 15.9. The largest absolute Gasteiger partial charge is 0.354 e. The average molecular weight is 311 g/mol. The number of hydrogen-bond donors (Lipinski definition) is 2. The monoisotopic (exact) mass is 311 g/mol. The van der Waals surface area contributed by atoms with E-state index in [1.54, 1.807) is 7.05 Å². The van der Waals surface area contributed by atoms with Crippen LogP contribution in [0.1, 0.15) is 24.5 Å². The van der Waals surface area contributed by atoms with Gasteiger partial charge in [0, 0.05) is 25.9 Å². The lowest BCUT2D eigenvalue weighted by Crippen LogP contribution is -2.42. The Morgan fingerprint density at radius 2 is 1.90 bits per heavy atom. The lowest BCUT2D eigenvalue weighted by Gasteiger charge is -2.17. The number of guanidine groups is 1. The Morgan fingerprint density at radius 3 is 2.43 bits per heavy atom. The average Bonchev–Trinajstić information content (AvgIpc) is 2.42. The molecule has 0 saturated heterocycles. The summed E-state index contributed by atoms with van der Waals surface area (Å²) in [6, 6.07) is 8.33. The van der Waals surface area contributed by atoms with Crippen LogP contribution >= 0.6 is 0 Å². The van der Waals surface area contributed by atoms with Crippen LogP contribution in [0.25, 0.3) is 0 Å². The Morgan fingerprint density at radius 1 is 1.29 bits per heavy atom. The van der Waals surface area contributed by atoms with Gasteiger partial charge in [-0.15, -0.1) is 0 Å². The number of aryl methyl sites for hydroxylation is 1. The fraction of sp³-hybridized carbons (Fsp3) is 0.533. The van der Waals surface area contributed by atoms with Crippen molar-refractivity contribution in [2.75, 3.05) is 19.1 Å². The molecule has 0 aliphatic rings. The Balaban J connectivity index is 2.43. The summed E-state index contributed by atoms with van der Waals surface area (Å²) < 4.78 is 22.3. The molecule has 0 amide bonds. The van der Waals surface area contributed by atoms with Crippen LogP contribution in [0, 0.1) is 6.92 Å². The van der Waals surface area contributed by atoms with Gasteiger partial charge in [-0.3, -0.25) is 4.99 Å². The maximum atomic E-state index is 11.2. The minimum Gasteiger partial charge on any atom is -0.354 e. The van der Waals surface area contributed by atoms with E-state index in [2.05, 4.69) is 46.8 Å². The molecule has 0 fully saturated rings. The van der Waals surface area contributed by atoms with E-state index in [9.17, 15) is 8.42 Å². The summed E-state index contributed by atoms with van der Waals surface area (Å²) in [5, 5.41) is 6.42. The smallest absolute Gasteiger partial charge is 0.191 e. The molecule has 2 N–H and O–H groups in total. The van der Waals surface area contributed by atoms with Gasteiger partial charge < -0.3 is 10.6 Å². The number of nitrogens with zero attached hydrogens (tertiary/aromatic N) is 1. The fourth-order valence-corrected chi connectivity index (χ4v) is 2.56. The lowest BCUT2D eigenvalue weighted by atomic mass is 10.1. The summed E-state index contributed by atoms with van der Waals surface area (Å²) in [6.45, 7) is 4.68. The molecule has 0 aliphatic heterocycles. The molecular formula is C15H25N3O2S. The van der Waals surface area contributed by atoms with Crippen LogP contribution in [0.15, 0.2) is 29.3 Å². The molecule has 1 aromatic rings. The fourth-order valence-electron chi connectivity index (χ4n) is 1.78. The van der Waals surface area contributed by atoms with Gasteiger partial charge in [-0.2, -0.15) is 0 Å². The van der Waals surface area contributed by atoms with Crippen molar-refractivity contribution in [3.8, 4) is 0 Å². The lowest BCUT2D eigenvalue weighted by molar-refractivity contribution is 0.581. The molecule has 118 valence electrons. The third-order valence-electron chi connectivity index (χ3n) is 3.11. The SMILES string of the molecule is CN=C(NCc1ccc(C)cc1)NC(C)CCS(C)(=O)=O. The van der Waals surface area contributed by atoms with E-state index in [4.69, 9.17) is 0 Å². The van der Waals surface area contributed by atoms with Crippen molar-refractivity contribution in [1.82, 2.24) is 10.6 Å². The Bertz CT molecular complexity index is 565. The highest BCUT2D eigenvalue weighted by Gasteiger charge is 2.09. The van der Waals surface area contributed by atoms with E-state index < -0.39 is 9.84 Å². The molecule has 21 heavy (non-hydrogen) atoms. The minimum atomic E-state index is -2.92. The molecule has 1 aromatic carbocycles. The van der Waals surface area contributed by atoms with Crippen molar-refractivity contribution in [1.29, 1.82) is 0 Å². The van der Waals surface area contributed by atoms with Crippen molar-refractivity contribution in [3.05, 3.63) is 35.4 Å². The van der Waals surface area contributed by atoms with Gasteiger partial charge in [0.15, 0.2) is 5.96 Å². The molecule has 5 nitrogen and oxygen atoms in total. The summed E-state index contributed by atoms with van der Waals surface area (Å²) in [4.78, 5) is 4.15. The van der Waals surface area contributed by atoms with E-state index in [1.807, 2.05) is 6.92 Å². The van der Waals surface area contributed by atoms with Crippen molar-refractivity contribution < 1.29 is 8.42 Å². The van der Waals surface area contributed by atoms with Gasteiger partial charge in [-0.25, -0.2) is 8.42 Å². The standard InChI is InChI=1S/C15H25N3O2S/c1-12-5-7-14(8-6-12)11-17-15(16-3)18-13(2)9-10-21(4,19)20/h5-8,13H,9-11H2,1-4H3,(H2,16,17,18). The third kappa shape index (κ3) is 7.70. The van der Waals surface area contributed by atoms with E-state index >= 15 is 0 Å². The second kappa shape index (κ2) is 8.02. The zero-order valence-electron chi connectivity index (χ0n) is 13.2.